The highest BCUT2D eigenvalue weighted by atomic mass is 32.2. The third-order valence-corrected chi connectivity index (χ3v) is 12.0. The number of anilines is 1. The van der Waals surface area contributed by atoms with Crippen LogP contribution in [-0.4, -0.2) is 123 Å². The summed E-state index contributed by atoms with van der Waals surface area (Å²) < 4.78 is 75.1. The van der Waals surface area contributed by atoms with Gasteiger partial charge in [-0.15, -0.1) is 0 Å². The predicted molar refractivity (Wildman–Crippen MR) is 203 cm³/mol. The van der Waals surface area contributed by atoms with Crippen molar-refractivity contribution in [3.63, 3.8) is 0 Å². The van der Waals surface area contributed by atoms with Crippen LogP contribution in [0.5, 0.6) is 0 Å². The van der Waals surface area contributed by atoms with Gasteiger partial charge in [0.1, 0.15) is 42.1 Å². The average Bonchev–Trinajstić information content (AvgIpc) is 3.71. The normalized spacial score (nSPS) is 21.2. The molecule has 1 saturated heterocycles. The summed E-state index contributed by atoms with van der Waals surface area (Å²) in [6, 6.07) is 5.52. The van der Waals surface area contributed by atoms with Crippen molar-refractivity contribution in [3.8, 4) is 0 Å². The molecule has 0 bridgehead atoms. The molecule has 24 nitrogen and oxygen atoms in total. The van der Waals surface area contributed by atoms with Gasteiger partial charge in [-0.1, -0.05) is 43.8 Å². The van der Waals surface area contributed by atoms with Gasteiger partial charge in [-0.3, -0.25) is 32.5 Å². The molecule has 1 aromatic carbocycles. The molecule has 10 N–H and O–H groups in total. The van der Waals surface area contributed by atoms with E-state index < -0.39 is 90.4 Å². The first-order valence-corrected chi connectivity index (χ1v) is 22.5. The number of amides is 2. The molecule has 0 spiro atoms. The molecular formula is C30H41FN7O17P3S. The van der Waals surface area contributed by atoms with E-state index in [1.807, 2.05) is 0 Å². The monoisotopic (exact) mass is 915 g/mol. The standard InChI is InChI=1S/C30H41FN7O17P3S/c1-30(2,25(42)28(43)34-10-9-20(39)33-11-12-59-21(40)8-5-17-3-6-18(31)7-4-17)14-52-58(49,50)55-57(47,48)51-13-19-24(54-56(44,45)46)23(41)29(53-19)38-16-37-22-26(32)35-15-36-27(22)38/h3-8,15-16,19,23-25,29,41-42H,9-14H2,1-2H3,(H,33,39)(H,34,43)(H,47,48)(H,49,50)(H2,32,35,36)(H2,44,45,46)/b8-5+/t19-,23-,24-,25+,29-/m1/s1. The Bertz CT molecular complexity index is 2140. The number of hydrogen-bond donors (Lipinski definition) is 9. The summed E-state index contributed by atoms with van der Waals surface area (Å²) >= 11 is 0.932. The zero-order chi connectivity index (χ0) is 43.8. The molecule has 7 atom stereocenters. The number of aliphatic hydroxyl groups is 2. The quantitative estimate of drug-likeness (QED) is 0.0399. The number of fused-ring (bicyclic) bond motifs is 1. The highest BCUT2D eigenvalue weighted by Crippen LogP contribution is 2.61. The van der Waals surface area contributed by atoms with Crippen LogP contribution in [0.3, 0.4) is 0 Å². The van der Waals surface area contributed by atoms with Gasteiger partial charge in [-0.05, 0) is 23.8 Å². The van der Waals surface area contributed by atoms with Crippen LogP contribution in [0.15, 0.2) is 43.0 Å². The predicted octanol–water partition coefficient (Wildman–Crippen LogP) is 0.517. The second-order valence-electron chi connectivity index (χ2n) is 13.1. The molecule has 3 aromatic rings. The molecule has 2 amide bonds. The Morgan fingerprint density at radius 3 is 2.41 bits per heavy atom. The van der Waals surface area contributed by atoms with E-state index in [0.717, 1.165) is 29.0 Å². The van der Waals surface area contributed by atoms with E-state index in [9.17, 15) is 62.3 Å². The zero-order valence-electron chi connectivity index (χ0n) is 30.9. The number of hydrogen-bond acceptors (Lipinski definition) is 18. The maximum Gasteiger partial charge on any atom is 0.481 e. The second-order valence-corrected chi connectivity index (χ2v) is 18.5. The number of carbonyl (C=O) groups excluding carboxylic acids is 3. The number of aromatic nitrogens is 4. The fourth-order valence-corrected chi connectivity index (χ4v) is 8.47. The Labute approximate surface area is 338 Å². The van der Waals surface area contributed by atoms with E-state index in [0.29, 0.717) is 5.56 Å². The Morgan fingerprint density at radius 1 is 1.05 bits per heavy atom. The Morgan fingerprint density at radius 2 is 1.73 bits per heavy atom. The van der Waals surface area contributed by atoms with Crippen LogP contribution in [0.1, 0.15) is 32.1 Å². The first kappa shape index (κ1) is 48.1. The minimum Gasteiger partial charge on any atom is -0.386 e. The van der Waals surface area contributed by atoms with Crippen molar-refractivity contribution in [2.24, 2.45) is 5.41 Å². The summed E-state index contributed by atoms with van der Waals surface area (Å²) in [5, 5.41) is 26.0. The maximum atomic E-state index is 13.0. The topological polar surface area (TPSA) is 364 Å². The van der Waals surface area contributed by atoms with Gasteiger partial charge in [-0.25, -0.2) is 33.0 Å². The lowest BCUT2D eigenvalue weighted by molar-refractivity contribution is -0.137. The Kier molecular flexibility index (Phi) is 16.6. The zero-order valence-corrected chi connectivity index (χ0v) is 34.4. The van der Waals surface area contributed by atoms with Crippen molar-refractivity contribution in [2.75, 3.05) is 37.8 Å². The van der Waals surface area contributed by atoms with Crippen LogP contribution in [0, 0.1) is 11.2 Å². The number of ether oxygens (including phenoxy) is 1. The van der Waals surface area contributed by atoms with Gasteiger partial charge in [0.15, 0.2) is 17.7 Å². The Hall–Kier alpha value is -3.55. The van der Waals surface area contributed by atoms with Crippen molar-refractivity contribution in [2.45, 2.75) is 50.9 Å². The van der Waals surface area contributed by atoms with Crippen molar-refractivity contribution < 1.29 is 84.9 Å². The van der Waals surface area contributed by atoms with Gasteiger partial charge >= 0.3 is 23.5 Å². The van der Waals surface area contributed by atoms with E-state index in [-0.39, 0.29) is 47.4 Å². The minimum atomic E-state index is -5.59. The van der Waals surface area contributed by atoms with Gasteiger partial charge in [-0.2, -0.15) is 4.31 Å². The third-order valence-electron chi connectivity index (χ3n) is 8.03. The summed E-state index contributed by atoms with van der Waals surface area (Å²) in [6.07, 6.45) is -4.22. The van der Waals surface area contributed by atoms with Gasteiger partial charge < -0.3 is 50.9 Å². The first-order chi connectivity index (χ1) is 27.5. The number of imidazole rings is 1. The number of nitrogens with zero attached hydrogens (tertiary/aromatic N) is 4. The first-order valence-electron chi connectivity index (χ1n) is 17.0. The highest BCUT2D eigenvalue weighted by Gasteiger charge is 2.50. The fraction of sp³-hybridized carbons (Fsp3) is 0.467. The number of nitrogens with two attached hydrogens (primary N) is 1. The van der Waals surface area contributed by atoms with Crippen molar-refractivity contribution in [1.82, 2.24) is 30.2 Å². The molecule has 29 heteroatoms. The molecule has 0 saturated carbocycles. The van der Waals surface area contributed by atoms with Crippen LogP contribution in [0.2, 0.25) is 0 Å². The number of benzene rings is 1. The van der Waals surface area contributed by atoms with Crippen LogP contribution < -0.4 is 16.4 Å². The fourth-order valence-electron chi connectivity index (χ4n) is 5.07. The van der Waals surface area contributed by atoms with E-state index in [1.165, 1.54) is 50.3 Å². The molecule has 0 aliphatic carbocycles. The summed E-state index contributed by atoms with van der Waals surface area (Å²) in [5.41, 5.74) is 4.85. The number of nitrogens with one attached hydrogen (secondary N) is 2. The molecule has 1 aliphatic heterocycles. The largest absolute Gasteiger partial charge is 0.481 e. The number of carbonyl (C=O) groups is 3. The van der Waals surface area contributed by atoms with Gasteiger partial charge in [0.2, 0.25) is 16.9 Å². The van der Waals surface area contributed by atoms with Gasteiger partial charge in [0, 0.05) is 30.7 Å². The second kappa shape index (κ2) is 20.3. The van der Waals surface area contributed by atoms with Crippen molar-refractivity contribution >= 4 is 75.2 Å². The number of phosphoric ester groups is 3. The summed E-state index contributed by atoms with van der Waals surface area (Å²) in [7, 11) is -16.4. The third kappa shape index (κ3) is 14.6. The van der Waals surface area contributed by atoms with Crippen LogP contribution in [-0.2, 0) is 50.7 Å². The van der Waals surface area contributed by atoms with Crippen molar-refractivity contribution in [3.05, 3.63) is 54.4 Å². The average molecular weight is 916 g/mol. The van der Waals surface area contributed by atoms with Crippen LogP contribution >= 0.6 is 35.2 Å². The van der Waals surface area contributed by atoms with Gasteiger partial charge in [0.25, 0.3) is 0 Å². The smallest absolute Gasteiger partial charge is 0.386 e. The van der Waals surface area contributed by atoms with E-state index in [2.05, 4.69) is 34.4 Å². The van der Waals surface area contributed by atoms with Crippen LogP contribution in [0.4, 0.5) is 10.2 Å². The molecule has 1 aliphatic rings. The molecular weight excluding hydrogens is 874 g/mol. The molecule has 1 fully saturated rings. The molecule has 2 unspecified atom stereocenters. The number of aliphatic hydroxyl groups excluding tert-OH is 2. The van der Waals surface area contributed by atoms with Gasteiger partial charge in [0.05, 0.1) is 19.5 Å². The molecule has 59 heavy (non-hydrogen) atoms. The molecule has 2 aromatic heterocycles. The summed E-state index contributed by atoms with van der Waals surface area (Å²) in [4.78, 5) is 87.7. The molecule has 0 radical (unpaired) electrons. The van der Waals surface area contributed by atoms with Crippen molar-refractivity contribution in [1.29, 1.82) is 0 Å². The van der Waals surface area contributed by atoms with E-state index >= 15 is 0 Å². The minimum absolute atomic E-state index is 0.0223. The highest BCUT2D eigenvalue weighted by molar-refractivity contribution is 8.14. The number of thioether (sulfide) groups is 1. The van der Waals surface area contributed by atoms with Crippen LogP contribution in [0.25, 0.3) is 17.2 Å². The summed E-state index contributed by atoms with van der Waals surface area (Å²) in [5.74, 6) is -1.71. The summed E-state index contributed by atoms with van der Waals surface area (Å²) in [6.45, 7) is 0.302. The number of nitrogen functional groups attached to an aromatic ring is 1. The van der Waals surface area contributed by atoms with E-state index in [1.54, 1.807) is 0 Å². The molecule has 3 heterocycles. The number of phosphoric acid groups is 3. The lowest BCUT2D eigenvalue weighted by Gasteiger charge is -2.30. The molecule has 326 valence electrons. The Balaban J connectivity index is 1.20. The maximum absolute atomic E-state index is 13.0. The van der Waals surface area contributed by atoms with E-state index in [4.69, 9.17) is 19.5 Å². The lowest BCUT2D eigenvalue weighted by Crippen LogP contribution is -2.46. The molecule has 4 rings (SSSR count). The number of rotatable bonds is 21. The lowest BCUT2D eigenvalue weighted by atomic mass is 9.87. The number of halogens is 1. The SMILES string of the molecule is CC(C)(COP(=O)(O)OP(=O)(O)OC[C@H]1O[C@@H](n2cnc3c(N)ncnc32)[C@H](O)[C@@H]1OP(=O)(O)O)[C@@H](O)C(=O)NCCC(=O)NCCSC(=O)/C=C/c1ccc(F)cc1.